The maximum absolute atomic E-state index is 13.0. The van der Waals surface area contributed by atoms with E-state index in [0.29, 0.717) is 18.3 Å². The maximum atomic E-state index is 13.0. The van der Waals surface area contributed by atoms with E-state index in [0.717, 1.165) is 5.56 Å². The minimum absolute atomic E-state index is 0.0222. The Balaban J connectivity index is 1.98. The molecule has 0 aliphatic rings. The van der Waals surface area contributed by atoms with Crippen molar-refractivity contribution in [1.29, 1.82) is 0 Å². The Hall–Kier alpha value is -2.28. The number of carbonyl (C=O) groups is 1. The highest BCUT2D eigenvalue weighted by Gasteiger charge is 2.29. The molecule has 1 amide bonds. The lowest BCUT2D eigenvalue weighted by Gasteiger charge is -2.23. The second kappa shape index (κ2) is 7.74. The van der Waals surface area contributed by atoms with Crippen molar-refractivity contribution in [3.8, 4) is 0 Å². The van der Waals surface area contributed by atoms with E-state index in [4.69, 9.17) is 4.52 Å². The number of hydrogen-bond acceptors (Lipinski definition) is 5. The summed E-state index contributed by atoms with van der Waals surface area (Å²) >= 11 is 0. The van der Waals surface area contributed by atoms with Crippen LogP contribution < -0.4 is 5.32 Å². The van der Waals surface area contributed by atoms with E-state index in [1.165, 1.54) is 12.1 Å². The van der Waals surface area contributed by atoms with Crippen LogP contribution in [-0.2, 0) is 16.9 Å². The Bertz CT molecular complexity index is 710. The molecule has 2 rings (SSSR count). The SMILES string of the molecule is CC(CC(=O)NC(C)(C)c1noc(CN(C)C)n1)c1ccc(F)cc1. The highest BCUT2D eigenvalue weighted by atomic mass is 19.1. The van der Waals surface area contributed by atoms with E-state index in [1.54, 1.807) is 12.1 Å². The highest BCUT2D eigenvalue weighted by molar-refractivity contribution is 5.77. The maximum Gasteiger partial charge on any atom is 0.240 e. The van der Waals surface area contributed by atoms with Crippen LogP contribution in [0, 0.1) is 5.82 Å². The summed E-state index contributed by atoms with van der Waals surface area (Å²) in [5, 5.41) is 6.91. The van der Waals surface area contributed by atoms with Gasteiger partial charge in [0.25, 0.3) is 0 Å². The van der Waals surface area contributed by atoms with Crippen molar-refractivity contribution >= 4 is 5.91 Å². The van der Waals surface area contributed by atoms with Gasteiger partial charge < -0.3 is 14.7 Å². The lowest BCUT2D eigenvalue weighted by Crippen LogP contribution is -2.42. The zero-order valence-electron chi connectivity index (χ0n) is 15.3. The zero-order valence-corrected chi connectivity index (χ0v) is 15.3. The van der Waals surface area contributed by atoms with Gasteiger partial charge >= 0.3 is 0 Å². The number of halogens is 1. The summed E-state index contributed by atoms with van der Waals surface area (Å²) in [7, 11) is 3.82. The third-order valence-electron chi connectivity index (χ3n) is 3.86. The second-order valence-corrected chi connectivity index (χ2v) is 7.08. The van der Waals surface area contributed by atoms with E-state index >= 15 is 0 Å². The van der Waals surface area contributed by atoms with Gasteiger partial charge in [-0.2, -0.15) is 4.98 Å². The molecule has 1 unspecified atom stereocenters. The smallest absolute Gasteiger partial charge is 0.240 e. The van der Waals surface area contributed by atoms with Crippen molar-refractivity contribution in [2.24, 2.45) is 0 Å². The first kappa shape index (κ1) is 19.1. The summed E-state index contributed by atoms with van der Waals surface area (Å²) in [4.78, 5) is 18.7. The molecule has 136 valence electrons. The molecule has 7 heteroatoms. The summed E-state index contributed by atoms with van der Waals surface area (Å²) in [5.41, 5.74) is 0.176. The normalized spacial score (nSPS) is 13.1. The molecule has 0 spiro atoms. The summed E-state index contributed by atoms with van der Waals surface area (Å²) in [5.74, 6) is 0.507. The molecule has 1 aromatic carbocycles. The van der Waals surface area contributed by atoms with E-state index in [2.05, 4.69) is 15.5 Å². The number of carbonyl (C=O) groups excluding carboxylic acids is 1. The van der Waals surface area contributed by atoms with Gasteiger partial charge in [0, 0.05) is 6.42 Å². The minimum Gasteiger partial charge on any atom is -0.344 e. The quantitative estimate of drug-likeness (QED) is 0.833. The number of aromatic nitrogens is 2. The molecule has 6 nitrogen and oxygen atoms in total. The van der Waals surface area contributed by atoms with Gasteiger partial charge in [0.1, 0.15) is 5.82 Å². The third-order valence-corrected chi connectivity index (χ3v) is 3.86. The van der Waals surface area contributed by atoms with E-state index in [-0.39, 0.29) is 24.1 Å². The van der Waals surface area contributed by atoms with Crippen LogP contribution >= 0.6 is 0 Å². The molecule has 2 aromatic rings. The van der Waals surface area contributed by atoms with Gasteiger partial charge in [-0.05, 0) is 51.6 Å². The standard InChI is InChI=1S/C18H25FN4O2/c1-12(13-6-8-14(19)9-7-13)10-15(24)21-18(2,3)17-20-16(25-22-17)11-23(4)5/h6-9,12H,10-11H2,1-5H3,(H,21,24). The van der Waals surface area contributed by atoms with Crippen molar-refractivity contribution in [3.05, 3.63) is 47.4 Å². The highest BCUT2D eigenvalue weighted by Crippen LogP contribution is 2.22. The van der Waals surface area contributed by atoms with Crippen molar-refractivity contribution in [2.45, 2.75) is 45.2 Å². The topological polar surface area (TPSA) is 71.3 Å². The largest absolute Gasteiger partial charge is 0.344 e. The van der Waals surface area contributed by atoms with Crippen molar-refractivity contribution in [3.63, 3.8) is 0 Å². The van der Waals surface area contributed by atoms with Crippen LogP contribution in [0.15, 0.2) is 28.8 Å². The summed E-state index contributed by atoms with van der Waals surface area (Å²) < 4.78 is 18.2. The lowest BCUT2D eigenvalue weighted by molar-refractivity contribution is -0.123. The first-order chi connectivity index (χ1) is 11.7. The Labute approximate surface area is 147 Å². The van der Waals surface area contributed by atoms with Gasteiger partial charge in [-0.3, -0.25) is 4.79 Å². The molecule has 0 saturated carbocycles. The Morgan fingerprint density at radius 2 is 1.96 bits per heavy atom. The Morgan fingerprint density at radius 1 is 1.32 bits per heavy atom. The molecule has 1 N–H and O–H groups in total. The fourth-order valence-electron chi connectivity index (χ4n) is 2.49. The van der Waals surface area contributed by atoms with Gasteiger partial charge in [-0.15, -0.1) is 0 Å². The first-order valence-electron chi connectivity index (χ1n) is 8.21. The molecule has 1 atom stereocenters. The molecule has 0 bridgehead atoms. The van der Waals surface area contributed by atoms with Gasteiger partial charge in [0.2, 0.25) is 11.8 Å². The van der Waals surface area contributed by atoms with Crippen molar-refractivity contribution in [2.75, 3.05) is 14.1 Å². The molecule has 0 saturated heterocycles. The van der Waals surface area contributed by atoms with Crippen molar-refractivity contribution in [1.82, 2.24) is 20.4 Å². The summed E-state index contributed by atoms with van der Waals surface area (Å²) in [6.45, 7) is 6.14. The van der Waals surface area contributed by atoms with Gasteiger partial charge in [0.15, 0.2) is 5.82 Å². The molecule has 0 aliphatic heterocycles. The molecular weight excluding hydrogens is 323 g/mol. The fourth-order valence-corrected chi connectivity index (χ4v) is 2.49. The fraction of sp³-hybridized carbons (Fsp3) is 0.500. The molecular formula is C18H25FN4O2. The third kappa shape index (κ3) is 5.35. The van der Waals surface area contributed by atoms with E-state index in [1.807, 2.05) is 39.8 Å². The molecule has 1 aromatic heterocycles. The van der Waals surface area contributed by atoms with Crippen LogP contribution in [0.25, 0.3) is 0 Å². The summed E-state index contributed by atoms with van der Waals surface area (Å²) in [6, 6.07) is 6.20. The van der Waals surface area contributed by atoms with E-state index in [9.17, 15) is 9.18 Å². The number of nitrogens with zero attached hydrogens (tertiary/aromatic N) is 3. The first-order valence-corrected chi connectivity index (χ1v) is 8.21. The Kier molecular flexibility index (Phi) is 5.89. The van der Waals surface area contributed by atoms with Crippen LogP contribution in [0.1, 0.15) is 50.4 Å². The average molecular weight is 348 g/mol. The number of benzene rings is 1. The number of amides is 1. The summed E-state index contributed by atoms with van der Waals surface area (Å²) in [6.07, 6.45) is 0.289. The lowest BCUT2D eigenvalue weighted by atomic mass is 9.96. The van der Waals surface area contributed by atoms with Crippen LogP contribution in [0.2, 0.25) is 0 Å². The number of hydrogen-bond donors (Lipinski definition) is 1. The minimum atomic E-state index is -0.742. The second-order valence-electron chi connectivity index (χ2n) is 7.08. The molecule has 1 heterocycles. The van der Waals surface area contributed by atoms with Crippen molar-refractivity contribution < 1.29 is 13.7 Å². The van der Waals surface area contributed by atoms with Crippen LogP contribution in [-0.4, -0.2) is 35.0 Å². The predicted octanol–water partition coefficient (Wildman–Crippen LogP) is 2.82. The van der Waals surface area contributed by atoms with Crippen LogP contribution in [0.4, 0.5) is 4.39 Å². The number of rotatable bonds is 7. The van der Waals surface area contributed by atoms with Gasteiger partial charge in [-0.25, -0.2) is 4.39 Å². The predicted molar refractivity (Wildman–Crippen MR) is 92.3 cm³/mol. The van der Waals surface area contributed by atoms with E-state index < -0.39 is 5.54 Å². The zero-order chi connectivity index (χ0) is 18.6. The van der Waals surface area contributed by atoms with Crippen LogP contribution in [0.3, 0.4) is 0 Å². The van der Waals surface area contributed by atoms with Gasteiger partial charge in [-0.1, -0.05) is 24.2 Å². The molecule has 0 radical (unpaired) electrons. The average Bonchev–Trinajstić information content (AvgIpc) is 2.95. The van der Waals surface area contributed by atoms with Gasteiger partial charge in [0.05, 0.1) is 12.1 Å². The monoisotopic (exact) mass is 348 g/mol. The number of nitrogens with one attached hydrogen (secondary N) is 1. The molecule has 25 heavy (non-hydrogen) atoms. The molecule has 0 aliphatic carbocycles. The van der Waals surface area contributed by atoms with Crippen LogP contribution in [0.5, 0.6) is 0 Å². The Morgan fingerprint density at radius 3 is 2.56 bits per heavy atom. The molecule has 0 fully saturated rings.